The van der Waals surface area contributed by atoms with Gasteiger partial charge in [-0.2, -0.15) is 0 Å². The number of nitrogens with zero attached hydrogens (tertiary/aromatic N) is 1. The maximum Gasteiger partial charge on any atom is 0.350 e. The number of furan rings is 1. The summed E-state index contributed by atoms with van der Waals surface area (Å²) in [5, 5.41) is 0. The Morgan fingerprint density at radius 2 is 1.68 bits per heavy atom. The molecule has 4 aliphatic rings. The van der Waals surface area contributed by atoms with Crippen molar-refractivity contribution >= 4 is 23.9 Å². The second kappa shape index (κ2) is 9.98. The molecule has 4 atom stereocenters. The number of carbonyl (C=O) groups is 4. The molecule has 0 N–H and O–H groups in total. The zero-order chi connectivity index (χ0) is 27.9. The quantitative estimate of drug-likeness (QED) is 0.402. The zero-order valence-corrected chi connectivity index (χ0v) is 21.7. The van der Waals surface area contributed by atoms with Crippen LogP contribution in [-0.2, 0) is 51.0 Å². The third-order valence-electron chi connectivity index (χ3n) is 7.85. The number of fused-ring (bicyclic) bond motifs is 1. The predicted octanol–water partition coefficient (Wildman–Crippen LogP) is 2.34. The number of aryl methyl sites for hydroxylation is 1. The van der Waals surface area contributed by atoms with Crippen molar-refractivity contribution < 1.29 is 47.3 Å². The van der Waals surface area contributed by atoms with E-state index in [1.54, 1.807) is 36.5 Å². The molecule has 2 aromatic rings. The zero-order valence-electron chi connectivity index (χ0n) is 21.7. The van der Waals surface area contributed by atoms with E-state index in [9.17, 15) is 19.2 Å². The van der Waals surface area contributed by atoms with Crippen LogP contribution in [0.4, 0.5) is 0 Å². The number of carbonyl (C=O) groups excluding carboxylic acids is 4. The first-order valence-electron chi connectivity index (χ1n) is 13.0. The van der Waals surface area contributed by atoms with Gasteiger partial charge in [-0.05, 0) is 54.7 Å². The summed E-state index contributed by atoms with van der Waals surface area (Å²) in [6, 6.07) is 9.14. The van der Waals surface area contributed by atoms with E-state index in [1.807, 2.05) is 12.1 Å². The van der Waals surface area contributed by atoms with Crippen LogP contribution >= 0.6 is 0 Å². The van der Waals surface area contributed by atoms with Crippen LogP contribution in [0.2, 0.25) is 0 Å². The van der Waals surface area contributed by atoms with Crippen LogP contribution in [0.3, 0.4) is 0 Å². The highest BCUT2D eigenvalue weighted by Crippen LogP contribution is 2.56. The number of hydrogen-bond acceptors (Lipinski definition) is 11. The maximum absolute atomic E-state index is 13.3. The lowest BCUT2D eigenvalue weighted by atomic mass is 9.73. The number of methoxy groups -OCH3 is 1. The van der Waals surface area contributed by atoms with E-state index in [4.69, 9.17) is 28.1 Å². The van der Waals surface area contributed by atoms with Gasteiger partial charge >= 0.3 is 29.7 Å². The Morgan fingerprint density at radius 3 is 2.38 bits per heavy atom. The first kappa shape index (κ1) is 25.9. The fourth-order valence-electron chi connectivity index (χ4n) is 6.28. The number of rotatable bonds is 5. The van der Waals surface area contributed by atoms with Gasteiger partial charge in [-0.25, -0.2) is 19.2 Å². The van der Waals surface area contributed by atoms with E-state index in [1.165, 1.54) is 0 Å². The van der Waals surface area contributed by atoms with Crippen LogP contribution in [0.25, 0.3) is 0 Å². The molecule has 6 rings (SSSR count). The van der Waals surface area contributed by atoms with Gasteiger partial charge < -0.3 is 28.1 Å². The Morgan fingerprint density at radius 1 is 0.950 bits per heavy atom. The number of benzene rings is 1. The van der Waals surface area contributed by atoms with Gasteiger partial charge in [0.1, 0.15) is 11.5 Å². The van der Waals surface area contributed by atoms with Gasteiger partial charge in [-0.1, -0.05) is 6.07 Å². The van der Waals surface area contributed by atoms with Crippen LogP contribution in [0.15, 0.2) is 65.3 Å². The van der Waals surface area contributed by atoms with Crippen molar-refractivity contribution in [1.29, 1.82) is 0 Å². The van der Waals surface area contributed by atoms with E-state index in [0.717, 1.165) is 41.9 Å². The largest absolute Gasteiger partial charge is 0.497 e. The van der Waals surface area contributed by atoms with Gasteiger partial charge in [0.2, 0.25) is 0 Å². The average molecular weight is 550 g/mol. The summed E-state index contributed by atoms with van der Waals surface area (Å²) in [7, 11) is 1.58. The molecule has 1 spiro atoms. The molecule has 11 nitrogen and oxygen atoms in total. The van der Waals surface area contributed by atoms with E-state index >= 15 is 0 Å². The Labute approximate surface area is 229 Å². The van der Waals surface area contributed by atoms with Crippen molar-refractivity contribution in [3.8, 4) is 5.75 Å². The molecule has 1 saturated heterocycles. The summed E-state index contributed by atoms with van der Waals surface area (Å²) < 4.78 is 34.9. The van der Waals surface area contributed by atoms with Gasteiger partial charge in [-0.3, -0.25) is 4.90 Å². The minimum absolute atomic E-state index is 0.0594. The highest BCUT2D eigenvalue weighted by atomic mass is 16.8. The molecule has 11 heteroatoms. The van der Waals surface area contributed by atoms with Crippen molar-refractivity contribution in [3.63, 3.8) is 0 Å². The van der Waals surface area contributed by atoms with Crippen molar-refractivity contribution in [3.05, 3.63) is 77.8 Å². The second-order valence-electron chi connectivity index (χ2n) is 10.0. The molecule has 1 aliphatic carbocycles. The van der Waals surface area contributed by atoms with Gasteiger partial charge in [0.15, 0.2) is 6.10 Å². The highest BCUT2D eigenvalue weighted by Gasteiger charge is 2.78. The average Bonchev–Trinajstić information content (AvgIpc) is 3.53. The standard InChI is InChI=1S/C29H27NO10/c1-35-20-7-8-21-18(16-20)4-2-6-22(21)28-29(40-27(34)12-11-25(32)38-28)23(37-24(31)9-10-26(33)39-29)17-30(28)14-13-19-5-3-15-36-19/h3,5,7-12,15-16,22-23H,2,4,6,13-14,17H2,1H3/b10-9+,12-11+. The summed E-state index contributed by atoms with van der Waals surface area (Å²) in [5.41, 5.74) is -0.140. The number of ether oxygens (including phenoxy) is 5. The lowest BCUT2D eigenvalue weighted by Crippen LogP contribution is -2.70. The molecule has 40 heavy (non-hydrogen) atoms. The smallest absolute Gasteiger partial charge is 0.350 e. The third-order valence-corrected chi connectivity index (χ3v) is 7.85. The number of likely N-dealkylation sites (tertiary alicyclic amines) is 1. The summed E-state index contributed by atoms with van der Waals surface area (Å²) in [6.07, 6.45) is 6.24. The van der Waals surface area contributed by atoms with Crippen LogP contribution in [-0.4, -0.2) is 66.6 Å². The van der Waals surface area contributed by atoms with E-state index in [2.05, 4.69) is 0 Å². The first-order chi connectivity index (χ1) is 19.3. The fraction of sp³-hybridized carbons (Fsp3) is 0.379. The Hall–Kier alpha value is -4.38. The third kappa shape index (κ3) is 4.17. The van der Waals surface area contributed by atoms with Crippen molar-refractivity contribution in [2.75, 3.05) is 20.2 Å². The molecule has 0 amide bonds. The van der Waals surface area contributed by atoms with Gasteiger partial charge in [0.25, 0.3) is 5.72 Å². The summed E-state index contributed by atoms with van der Waals surface area (Å²) in [4.78, 5) is 53.8. The number of esters is 4. The van der Waals surface area contributed by atoms with Crippen LogP contribution in [0.5, 0.6) is 5.75 Å². The molecular weight excluding hydrogens is 522 g/mol. The van der Waals surface area contributed by atoms with E-state index in [-0.39, 0.29) is 13.1 Å². The van der Waals surface area contributed by atoms with Crippen molar-refractivity contribution in [2.24, 2.45) is 0 Å². The SMILES string of the molecule is COc1ccc2c(c1)CCCC2C12OC(=O)/C=C/C(=O)OC13OC(=O)/C=C/C(=O)OC3CN2CCc1ccco1. The predicted molar refractivity (Wildman–Crippen MR) is 135 cm³/mol. The monoisotopic (exact) mass is 549 g/mol. The molecule has 3 aliphatic heterocycles. The van der Waals surface area contributed by atoms with Gasteiger partial charge in [0, 0.05) is 49.7 Å². The van der Waals surface area contributed by atoms with Gasteiger partial charge in [-0.15, -0.1) is 0 Å². The normalized spacial score (nSPS) is 31.4. The topological polar surface area (TPSA) is 131 Å². The Kier molecular flexibility index (Phi) is 6.46. The lowest BCUT2D eigenvalue weighted by molar-refractivity contribution is -0.334. The van der Waals surface area contributed by atoms with Crippen LogP contribution < -0.4 is 4.74 Å². The second-order valence-corrected chi connectivity index (χ2v) is 10.0. The number of hydrogen-bond donors (Lipinski definition) is 0. The lowest BCUT2D eigenvalue weighted by Gasteiger charge is -2.51. The Bertz CT molecular complexity index is 1400. The summed E-state index contributed by atoms with van der Waals surface area (Å²) >= 11 is 0. The van der Waals surface area contributed by atoms with Crippen LogP contribution in [0, 0.1) is 0 Å². The summed E-state index contributed by atoms with van der Waals surface area (Å²) in [5.74, 6) is -5.20. The van der Waals surface area contributed by atoms with Crippen molar-refractivity contribution in [1.82, 2.24) is 4.90 Å². The maximum atomic E-state index is 13.3. The molecule has 1 aromatic heterocycles. The van der Waals surface area contributed by atoms with Crippen LogP contribution in [0.1, 0.15) is 35.6 Å². The minimum Gasteiger partial charge on any atom is -0.497 e. The Balaban J connectivity index is 1.59. The van der Waals surface area contributed by atoms with Gasteiger partial charge in [0.05, 0.1) is 13.4 Å². The molecular formula is C29H27NO10. The molecule has 0 saturated carbocycles. The highest BCUT2D eigenvalue weighted by molar-refractivity contribution is 5.95. The molecule has 1 fully saturated rings. The molecule has 4 heterocycles. The van der Waals surface area contributed by atoms with Crippen molar-refractivity contribution in [2.45, 2.75) is 49.2 Å². The fourth-order valence-corrected chi connectivity index (χ4v) is 6.28. The minimum atomic E-state index is -2.32. The molecule has 4 unspecified atom stereocenters. The molecule has 0 radical (unpaired) electrons. The molecule has 208 valence electrons. The van der Waals surface area contributed by atoms with E-state index in [0.29, 0.717) is 30.8 Å². The molecule has 1 aromatic carbocycles. The summed E-state index contributed by atoms with van der Waals surface area (Å²) in [6.45, 7) is 0.168. The first-order valence-corrected chi connectivity index (χ1v) is 13.0. The molecule has 0 bridgehead atoms. The van der Waals surface area contributed by atoms with E-state index < -0.39 is 47.4 Å².